The predicted molar refractivity (Wildman–Crippen MR) is 153 cm³/mol. The molecule has 0 atom stereocenters. The highest BCUT2D eigenvalue weighted by Crippen LogP contribution is 2.38. The summed E-state index contributed by atoms with van der Waals surface area (Å²) in [5.74, 6) is -1.75. The highest BCUT2D eigenvalue weighted by Gasteiger charge is 2.39. The molecule has 1 heterocycles. The van der Waals surface area contributed by atoms with E-state index in [2.05, 4.69) is 0 Å². The van der Waals surface area contributed by atoms with Crippen LogP contribution in [0, 0.1) is 13.7 Å². The topological polar surface area (TPSA) is 128 Å². The van der Waals surface area contributed by atoms with Crippen LogP contribution in [0.1, 0.15) is 23.6 Å². The Labute approximate surface area is 254 Å². The zero-order valence-electron chi connectivity index (χ0n) is 21.3. The summed E-state index contributed by atoms with van der Waals surface area (Å²) in [6.07, 6.45) is -3.64. The number of alkyl halides is 3. The number of urea groups is 1. The molecule has 3 aromatic rings. The van der Waals surface area contributed by atoms with Gasteiger partial charge in [-0.05, 0) is 77.0 Å². The molecule has 0 aromatic heterocycles. The summed E-state index contributed by atoms with van der Waals surface area (Å²) < 4.78 is 51.9. The number of imide groups is 2. The molecule has 0 aliphatic carbocycles. The molecule has 0 bridgehead atoms. The van der Waals surface area contributed by atoms with E-state index in [1.54, 1.807) is 13.0 Å². The molecule has 1 aliphatic rings. The van der Waals surface area contributed by atoms with Gasteiger partial charge in [0, 0.05) is 12.1 Å². The van der Waals surface area contributed by atoms with Gasteiger partial charge in [0.2, 0.25) is 0 Å². The Morgan fingerprint density at radius 1 is 1.10 bits per heavy atom. The number of benzene rings is 3. The van der Waals surface area contributed by atoms with Gasteiger partial charge in [0.05, 0.1) is 31.4 Å². The number of nitro groups is 1. The van der Waals surface area contributed by atoms with Gasteiger partial charge in [-0.15, -0.1) is 0 Å². The number of hydrogen-bond acceptors (Lipinski definition) is 7. The number of nitrogens with zero attached hydrogens (tertiary/aromatic N) is 2. The number of anilines is 1. The fourth-order valence-electron chi connectivity index (χ4n) is 3.89. The molecule has 1 N–H and O–H groups in total. The fourth-order valence-corrected chi connectivity index (χ4v) is 4.88. The van der Waals surface area contributed by atoms with Crippen molar-refractivity contribution in [3.63, 3.8) is 0 Å². The van der Waals surface area contributed by atoms with Gasteiger partial charge in [-0.25, -0.2) is 9.69 Å². The Morgan fingerprint density at radius 3 is 2.50 bits per heavy atom. The van der Waals surface area contributed by atoms with Gasteiger partial charge in [0.25, 0.3) is 17.5 Å². The molecule has 0 unspecified atom stereocenters. The fraction of sp³-hybridized carbons (Fsp3) is 0.148. The van der Waals surface area contributed by atoms with Crippen molar-refractivity contribution in [3.05, 3.63) is 95.6 Å². The standard InChI is InChI=1S/C27H18ClF3IN3O7/c1-2-41-22-11-15(10-20(32)23(22)42-13-14-4-3-5-17(8-14)35(39)40)9-18-24(36)33-26(38)34(25(18)37)21-12-16(27(29,30)31)6-7-19(21)28/h3-12H,2,13H2,1H3,(H,33,36,38)/b18-9-. The number of halogens is 5. The highest BCUT2D eigenvalue weighted by atomic mass is 127. The number of nitro benzene ring substituents is 1. The van der Waals surface area contributed by atoms with Crippen LogP contribution in [-0.4, -0.2) is 29.4 Å². The van der Waals surface area contributed by atoms with E-state index in [1.165, 1.54) is 30.3 Å². The van der Waals surface area contributed by atoms with Crippen molar-refractivity contribution in [2.75, 3.05) is 11.5 Å². The molecule has 1 saturated heterocycles. The first-order valence-corrected chi connectivity index (χ1v) is 13.4. The second-order valence-corrected chi connectivity index (χ2v) is 10.2. The number of hydrogen-bond donors (Lipinski definition) is 1. The average molecular weight is 716 g/mol. The number of rotatable bonds is 8. The van der Waals surface area contributed by atoms with Crippen molar-refractivity contribution in [3.8, 4) is 11.5 Å². The quantitative estimate of drug-likeness (QED) is 0.0926. The first-order valence-electron chi connectivity index (χ1n) is 11.9. The predicted octanol–water partition coefficient (Wildman–Crippen LogP) is 6.52. The Hall–Kier alpha value is -4.18. The van der Waals surface area contributed by atoms with Crippen LogP contribution in [-0.2, 0) is 22.4 Å². The second-order valence-electron chi connectivity index (χ2n) is 8.60. The van der Waals surface area contributed by atoms with Crippen molar-refractivity contribution in [1.82, 2.24) is 5.32 Å². The Bertz CT molecular complexity index is 1650. The minimum Gasteiger partial charge on any atom is -0.490 e. The molecule has 10 nitrogen and oxygen atoms in total. The van der Waals surface area contributed by atoms with Gasteiger partial charge in [-0.1, -0.05) is 23.7 Å². The van der Waals surface area contributed by atoms with E-state index < -0.39 is 45.8 Å². The van der Waals surface area contributed by atoms with Gasteiger partial charge in [0.15, 0.2) is 11.5 Å². The molecular weight excluding hydrogens is 698 g/mol. The maximum atomic E-state index is 13.3. The van der Waals surface area contributed by atoms with Crippen LogP contribution < -0.4 is 19.7 Å². The van der Waals surface area contributed by atoms with Crippen molar-refractivity contribution in [1.29, 1.82) is 0 Å². The van der Waals surface area contributed by atoms with E-state index in [0.29, 0.717) is 26.2 Å². The van der Waals surface area contributed by atoms with Crippen LogP contribution in [0.25, 0.3) is 6.08 Å². The monoisotopic (exact) mass is 715 g/mol. The van der Waals surface area contributed by atoms with Crippen molar-refractivity contribution in [2.45, 2.75) is 19.7 Å². The van der Waals surface area contributed by atoms with Crippen LogP contribution in [0.15, 0.2) is 60.2 Å². The van der Waals surface area contributed by atoms with Crippen LogP contribution in [0.4, 0.5) is 29.3 Å². The highest BCUT2D eigenvalue weighted by molar-refractivity contribution is 14.1. The van der Waals surface area contributed by atoms with Crippen molar-refractivity contribution in [2.24, 2.45) is 0 Å². The van der Waals surface area contributed by atoms with Gasteiger partial charge < -0.3 is 9.47 Å². The van der Waals surface area contributed by atoms with E-state index in [4.69, 9.17) is 21.1 Å². The molecule has 15 heteroatoms. The minimum atomic E-state index is -4.78. The van der Waals surface area contributed by atoms with E-state index in [-0.39, 0.29) is 41.0 Å². The molecule has 4 amide bonds. The third kappa shape index (κ3) is 6.65. The van der Waals surface area contributed by atoms with E-state index >= 15 is 0 Å². The molecule has 218 valence electrons. The molecule has 4 rings (SSSR count). The number of ether oxygens (including phenoxy) is 2. The molecule has 42 heavy (non-hydrogen) atoms. The molecule has 1 fully saturated rings. The SMILES string of the molecule is CCOc1cc(/C=C2/C(=O)NC(=O)N(c3cc(C(F)(F)F)ccc3Cl)C2=O)cc(I)c1OCc1cccc([N+](=O)[O-])c1. The lowest BCUT2D eigenvalue weighted by molar-refractivity contribution is -0.384. The molecule has 0 saturated carbocycles. The van der Waals surface area contributed by atoms with Gasteiger partial charge in [-0.2, -0.15) is 13.2 Å². The number of carbonyl (C=O) groups excluding carboxylic acids is 3. The first-order chi connectivity index (χ1) is 19.8. The third-order valence-electron chi connectivity index (χ3n) is 5.76. The lowest BCUT2D eigenvalue weighted by Gasteiger charge is -2.27. The van der Waals surface area contributed by atoms with Crippen molar-refractivity contribution < 1.29 is 42.0 Å². The zero-order valence-corrected chi connectivity index (χ0v) is 24.2. The average Bonchev–Trinajstić information content (AvgIpc) is 2.91. The van der Waals surface area contributed by atoms with Crippen LogP contribution >= 0.6 is 34.2 Å². The molecule has 0 radical (unpaired) electrons. The summed E-state index contributed by atoms with van der Waals surface area (Å²) in [7, 11) is 0. The number of carbonyl (C=O) groups is 3. The molecule has 0 spiro atoms. The van der Waals surface area contributed by atoms with Crippen LogP contribution in [0.5, 0.6) is 11.5 Å². The lowest BCUT2D eigenvalue weighted by Crippen LogP contribution is -2.54. The number of non-ortho nitro benzene ring substituents is 1. The summed E-state index contributed by atoms with van der Waals surface area (Å²) in [4.78, 5) is 49.4. The van der Waals surface area contributed by atoms with E-state index in [9.17, 15) is 37.7 Å². The normalized spacial score (nSPS) is 14.7. The van der Waals surface area contributed by atoms with Gasteiger partial charge >= 0.3 is 12.2 Å². The summed E-state index contributed by atoms with van der Waals surface area (Å²) >= 11 is 7.97. The molecule has 3 aromatic carbocycles. The van der Waals surface area contributed by atoms with Crippen molar-refractivity contribution >= 4 is 69.5 Å². The number of amides is 4. The summed E-state index contributed by atoms with van der Waals surface area (Å²) in [5, 5.41) is 12.7. The number of nitrogens with one attached hydrogen (secondary N) is 1. The third-order valence-corrected chi connectivity index (χ3v) is 6.88. The lowest BCUT2D eigenvalue weighted by atomic mass is 10.1. The summed E-state index contributed by atoms with van der Waals surface area (Å²) in [6.45, 7) is 1.88. The van der Waals surface area contributed by atoms with Gasteiger partial charge in [-0.3, -0.25) is 25.0 Å². The van der Waals surface area contributed by atoms with Crippen LogP contribution in [0.3, 0.4) is 0 Å². The Balaban J connectivity index is 1.68. The molecule has 1 aliphatic heterocycles. The van der Waals surface area contributed by atoms with E-state index in [1.807, 2.05) is 27.9 Å². The largest absolute Gasteiger partial charge is 0.490 e. The maximum Gasteiger partial charge on any atom is 0.416 e. The van der Waals surface area contributed by atoms with Crippen LogP contribution in [0.2, 0.25) is 5.02 Å². The summed E-state index contributed by atoms with van der Waals surface area (Å²) in [5.41, 5.74) is -1.56. The summed E-state index contributed by atoms with van der Waals surface area (Å²) in [6, 6.07) is 9.74. The van der Waals surface area contributed by atoms with E-state index in [0.717, 1.165) is 12.1 Å². The number of barbiturate groups is 1. The first kappa shape index (κ1) is 30.8. The van der Waals surface area contributed by atoms with Gasteiger partial charge in [0.1, 0.15) is 12.2 Å². The smallest absolute Gasteiger partial charge is 0.416 e. The molecular formula is C27H18ClF3IN3O7. The zero-order chi connectivity index (χ0) is 30.8. The Morgan fingerprint density at radius 2 is 1.83 bits per heavy atom. The second kappa shape index (κ2) is 12.4. The minimum absolute atomic E-state index is 0.0338. The Kier molecular flexibility index (Phi) is 9.06. The maximum absolute atomic E-state index is 13.3.